The number of para-hydroxylation sites is 1. The van der Waals surface area contributed by atoms with Crippen molar-refractivity contribution in [2.24, 2.45) is 17.8 Å². The van der Waals surface area contributed by atoms with E-state index in [1.165, 1.54) is 12.8 Å². The first kappa shape index (κ1) is 9.88. The minimum Gasteiger partial charge on any atom is -0.384 e. The Kier molecular flexibility index (Phi) is 2.23. The zero-order chi connectivity index (χ0) is 11.1. The molecule has 2 heteroatoms. The topological polar surface area (TPSA) is 29.1 Å². The lowest BCUT2D eigenvalue weighted by molar-refractivity contribution is 0.0869. The summed E-state index contributed by atoms with van der Waals surface area (Å²) in [6.07, 6.45) is 2.39. The minimum atomic E-state index is 0.246. The number of carbonyl (C=O) groups excluding carboxylic acids is 1. The predicted molar refractivity (Wildman–Crippen MR) is 64.6 cm³/mol. The molecule has 16 heavy (non-hydrogen) atoms. The van der Waals surface area contributed by atoms with Gasteiger partial charge in [0.25, 0.3) is 0 Å². The van der Waals surface area contributed by atoms with Gasteiger partial charge in [-0.2, -0.15) is 0 Å². The second-order valence-electron chi connectivity index (χ2n) is 5.13. The largest absolute Gasteiger partial charge is 0.384 e. The first-order valence-corrected chi connectivity index (χ1v) is 6.14. The van der Waals surface area contributed by atoms with E-state index in [4.69, 9.17) is 0 Å². The number of benzene rings is 1. The van der Waals surface area contributed by atoms with E-state index in [1.54, 1.807) is 0 Å². The van der Waals surface area contributed by atoms with E-state index in [2.05, 4.69) is 12.2 Å². The van der Waals surface area contributed by atoms with Crippen LogP contribution in [0.15, 0.2) is 24.3 Å². The van der Waals surface area contributed by atoms with E-state index in [9.17, 15) is 4.79 Å². The molecular formula is C14H17NO. The molecule has 2 aliphatic rings. The molecule has 0 radical (unpaired) electrons. The van der Waals surface area contributed by atoms with Crippen molar-refractivity contribution < 1.29 is 4.79 Å². The Labute approximate surface area is 96.1 Å². The van der Waals surface area contributed by atoms with E-state index in [0.29, 0.717) is 17.6 Å². The Morgan fingerprint density at radius 3 is 2.94 bits per heavy atom. The van der Waals surface area contributed by atoms with Crippen LogP contribution in [0, 0.1) is 17.8 Å². The average molecular weight is 215 g/mol. The van der Waals surface area contributed by atoms with Crippen LogP contribution in [0.3, 0.4) is 0 Å². The highest BCUT2D eigenvalue weighted by atomic mass is 16.1. The van der Waals surface area contributed by atoms with Crippen LogP contribution in [-0.2, 0) is 0 Å². The van der Waals surface area contributed by atoms with Crippen LogP contribution in [0.5, 0.6) is 0 Å². The van der Waals surface area contributed by atoms with Crippen LogP contribution in [0.25, 0.3) is 0 Å². The SMILES string of the molecule is C[C@H]1CC[C@H]2CNc3ccccc3C(=O)C21. The molecule has 1 aliphatic heterocycles. The zero-order valence-electron chi connectivity index (χ0n) is 9.57. The molecule has 0 aromatic heterocycles. The van der Waals surface area contributed by atoms with Crippen molar-refractivity contribution in [3.8, 4) is 0 Å². The lowest BCUT2D eigenvalue weighted by Gasteiger charge is -2.18. The maximum Gasteiger partial charge on any atom is 0.168 e. The summed E-state index contributed by atoms with van der Waals surface area (Å²) in [5.41, 5.74) is 1.91. The average Bonchev–Trinajstić information content (AvgIpc) is 2.60. The molecule has 1 saturated carbocycles. The summed E-state index contributed by atoms with van der Waals surface area (Å²) in [4.78, 5) is 12.5. The van der Waals surface area contributed by atoms with Crippen LogP contribution < -0.4 is 5.32 Å². The number of ketones is 1. The van der Waals surface area contributed by atoms with Crippen molar-refractivity contribution in [3.63, 3.8) is 0 Å². The van der Waals surface area contributed by atoms with Crippen LogP contribution in [-0.4, -0.2) is 12.3 Å². The minimum absolute atomic E-state index is 0.246. The molecule has 2 nitrogen and oxygen atoms in total. The highest BCUT2D eigenvalue weighted by molar-refractivity contribution is 6.03. The Balaban J connectivity index is 2.05. The molecule has 0 bridgehead atoms. The number of rotatable bonds is 0. The maximum absolute atomic E-state index is 12.5. The number of nitrogens with one attached hydrogen (secondary N) is 1. The molecule has 84 valence electrons. The molecule has 0 saturated heterocycles. The molecule has 1 aliphatic carbocycles. The predicted octanol–water partition coefficient (Wildman–Crippen LogP) is 2.96. The summed E-state index contributed by atoms with van der Waals surface area (Å²) in [5.74, 6) is 1.69. The van der Waals surface area contributed by atoms with Gasteiger partial charge in [0.15, 0.2) is 5.78 Å². The summed E-state index contributed by atoms with van der Waals surface area (Å²) in [7, 11) is 0. The van der Waals surface area contributed by atoms with Gasteiger partial charge in [0.05, 0.1) is 0 Å². The third-order valence-corrected chi connectivity index (χ3v) is 4.16. The highest BCUT2D eigenvalue weighted by Crippen LogP contribution is 2.41. The van der Waals surface area contributed by atoms with Crippen molar-refractivity contribution in [1.29, 1.82) is 0 Å². The van der Waals surface area contributed by atoms with E-state index in [-0.39, 0.29) is 5.92 Å². The monoisotopic (exact) mass is 215 g/mol. The highest BCUT2D eigenvalue weighted by Gasteiger charge is 2.40. The normalized spacial score (nSPS) is 32.6. The van der Waals surface area contributed by atoms with Gasteiger partial charge < -0.3 is 5.32 Å². The summed E-state index contributed by atoms with van der Waals surface area (Å²) in [5, 5.41) is 3.43. The molecule has 1 fully saturated rings. The molecule has 3 rings (SSSR count). The molecule has 3 atom stereocenters. The molecule has 1 N–H and O–H groups in total. The molecular weight excluding hydrogens is 198 g/mol. The smallest absolute Gasteiger partial charge is 0.168 e. The number of hydrogen-bond donors (Lipinski definition) is 1. The first-order valence-electron chi connectivity index (χ1n) is 6.14. The van der Waals surface area contributed by atoms with Gasteiger partial charge in [0.2, 0.25) is 0 Å². The molecule has 0 spiro atoms. The molecule has 1 heterocycles. The van der Waals surface area contributed by atoms with Crippen LogP contribution in [0.4, 0.5) is 5.69 Å². The van der Waals surface area contributed by atoms with Crippen molar-refractivity contribution in [2.45, 2.75) is 19.8 Å². The number of Topliss-reactive ketones (excluding diaryl/α,β-unsaturated/α-hetero) is 1. The van der Waals surface area contributed by atoms with Gasteiger partial charge >= 0.3 is 0 Å². The van der Waals surface area contributed by atoms with Gasteiger partial charge in [0, 0.05) is 23.7 Å². The van der Waals surface area contributed by atoms with Gasteiger partial charge in [-0.3, -0.25) is 4.79 Å². The Hall–Kier alpha value is -1.31. The molecule has 1 unspecified atom stereocenters. The quantitative estimate of drug-likeness (QED) is 0.721. The van der Waals surface area contributed by atoms with E-state index < -0.39 is 0 Å². The van der Waals surface area contributed by atoms with Gasteiger partial charge in [0.1, 0.15) is 0 Å². The Bertz CT molecular complexity index is 426. The summed E-state index contributed by atoms with van der Waals surface area (Å²) < 4.78 is 0. The fourth-order valence-corrected chi connectivity index (χ4v) is 3.27. The van der Waals surface area contributed by atoms with Crippen LogP contribution >= 0.6 is 0 Å². The second kappa shape index (κ2) is 3.62. The van der Waals surface area contributed by atoms with Crippen molar-refractivity contribution in [3.05, 3.63) is 29.8 Å². The van der Waals surface area contributed by atoms with Gasteiger partial charge in [-0.25, -0.2) is 0 Å². The molecule has 0 amide bonds. The van der Waals surface area contributed by atoms with Crippen molar-refractivity contribution >= 4 is 11.5 Å². The van der Waals surface area contributed by atoms with Gasteiger partial charge in [-0.15, -0.1) is 0 Å². The molecule has 1 aromatic carbocycles. The standard InChI is InChI=1S/C14H17NO/c1-9-6-7-10-8-15-12-5-3-2-4-11(12)14(16)13(9)10/h2-5,9-10,13,15H,6-8H2,1H3/t9-,10-,13?/m0/s1. The number of anilines is 1. The Morgan fingerprint density at radius 2 is 2.06 bits per heavy atom. The number of hydrogen-bond acceptors (Lipinski definition) is 2. The van der Waals surface area contributed by atoms with Gasteiger partial charge in [-0.1, -0.05) is 19.1 Å². The van der Waals surface area contributed by atoms with Crippen molar-refractivity contribution in [1.82, 2.24) is 0 Å². The third-order valence-electron chi connectivity index (χ3n) is 4.16. The maximum atomic E-state index is 12.5. The van der Waals surface area contributed by atoms with E-state index in [0.717, 1.165) is 17.8 Å². The fraction of sp³-hybridized carbons (Fsp3) is 0.500. The molecule has 1 aromatic rings. The van der Waals surface area contributed by atoms with E-state index >= 15 is 0 Å². The van der Waals surface area contributed by atoms with Crippen LogP contribution in [0.1, 0.15) is 30.1 Å². The summed E-state index contributed by atoms with van der Waals surface area (Å²) in [6.45, 7) is 3.17. The van der Waals surface area contributed by atoms with E-state index in [1.807, 2.05) is 24.3 Å². The second-order valence-corrected chi connectivity index (χ2v) is 5.13. The lowest BCUT2D eigenvalue weighted by atomic mass is 9.84. The van der Waals surface area contributed by atoms with Crippen LogP contribution in [0.2, 0.25) is 0 Å². The first-order chi connectivity index (χ1) is 7.77. The van der Waals surface area contributed by atoms with Crippen molar-refractivity contribution in [2.75, 3.05) is 11.9 Å². The Morgan fingerprint density at radius 1 is 1.25 bits per heavy atom. The lowest BCUT2D eigenvalue weighted by Crippen LogP contribution is -2.24. The summed E-state index contributed by atoms with van der Waals surface area (Å²) in [6, 6.07) is 7.92. The zero-order valence-corrected chi connectivity index (χ0v) is 9.57. The van der Waals surface area contributed by atoms with Gasteiger partial charge in [-0.05, 0) is 36.8 Å². The summed E-state index contributed by atoms with van der Waals surface area (Å²) >= 11 is 0. The third kappa shape index (κ3) is 1.36. The number of fused-ring (bicyclic) bond motifs is 2. The number of carbonyl (C=O) groups is 1. The fourth-order valence-electron chi connectivity index (χ4n) is 3.27.